The van der Waals surface area contributed by atoms with E-state index < -0.39 is 18.5 Å². The van der Waals surface area contributed by atoms with Gasteiger partial charge in [-0.3, -0.25) is 4.79 Å². The molecular weight excluding hydrogens is 428 g/mol. The van der Waals surface area contributed by atoms with Crippen LogP contribution in [-0.2, 0) is 9.53 Å². The molecule has 2 rings (SSSR count). The van der Waals surface area contributed by atoms with Gasteiger partial charge in [0.2, 0.25) is 0 Å². The quantitative estimate of drug-likeness (QED) is 0.556. The summed E-state index contributed by atoms with van der Waals surface area (Å²) in [5, 5.41) is 2.67. The molecule has 0 fully saturated rings. The Bertz CT molecular complexity index is 763. The zero-order chi connectivity index (χ0) is 17.0. The number of nitrogens with one attached hydrogen (secondary N) is 1. The largest absolute Gasteiger partial charge is 0.452 e. The molecule has 0 saturated heterocycles. The fourth-order valence-corrected chi connectivity index (χ4v) is 2.78. The number of carbonyl (C=O) groups is 2. The number of halogens is 2. The fourth-order valence-electron chi connectivity index (χ4n) is 1.82. The van der Waals surface area contributed by atoms with Crippen LogP contribution in [0, 0.1) is 6.92 Å². The lowest BCUT2D eigenvalue weighted by atomic mass is 10.2. The van der Waals surface area contributed by atoms with Crippen LogP contribution in [0.25, 0.3) is 0 Å². The highest BCUT2D eigenvalue weighted by atomic mass is 79.9. The highest BCUT2D eigenvalue weighted by Crippen LogP contribution is 2.23. The molecule has 0 spiro atoms. The van der Waals surface area contributed by atoms with Crippen molar-refractivity contribution in [2.75, 3.05) is 17.7 Å². The summed E-state index contributed by atoms with van der Waals surface area (Å²) in [4.78, 5) is 23.9. The number of hydrogen-bond acceptors (Lipinski definition) is 4. The van der Waals surface area contributed by atoms with Crippen molar-refractivity contribution < 1.29 is 14.3 Å². The number of esters is 1. The molecule has 0 aliphatic rings. The number of carbonyl (C=O) groups excluding carboxylic acids is 2. The highest BCUT2D eigenvalue weighted by molar-refractivity contribution is 9.10. The summed E-state index contributed by atoms with van der Waals surface area (Å²) in [6.07, 6.45) is 0. The van der Waals surface area contributed by atoms with Crippen molar-refractivity contribution in [2.24, 2.45) is 0 Å². The first kappa shape index (κ1) is 17.5. The van der Waals surface area contributed by atoms with Gasteiger partial charge in [0.15, 0.2) is 6.61 Å². The molecule has 0 aliphatic carbocycles. The van der Waals surface area contributed by atoms with Crippen LogP contribution < -0.4 is 11.1 Å². The summed E-state index contributed by atoms with van der Waals surface area (Å²) >= 11 is 6.62. The van der Waals surface area contributed by atoms with Gasteiger partial charge < -0.3 is 15.8 Å². The first-order valence-electron chi connectivity index (χ1n) is 6.65. The number of ether oxygens (including phenoxy) is 1. The average Bonchev–Trinajstić information content (AvgIpc) is 2.50. The topological polar surface area (TPSA) is 81.4 Å². The molecule has 23 heavy (non-hydrogen) atoms. The number of rotatable bonds is 4. The van der Waals surface area contributed by atoms with E-state index in [4.69, 9.17) is 10.5 Å². The molecule has 0 aliphatic heterocycles. The van der Waals surface area contributed by atoms with E-state index in [1.165, 1.54) is 0 Å². The van der Waals surface area contributed by atoms with Crippen molar-refractivity contribution in [3.8, 4) is 0 Å². The summed E-state index contributed by atoms with van der Waals surface area (Å²) in [5.41, 5.74) is 7.90. The minimum absolute atomic E-state index is 0.212. The maximum absolute atomic E-state index is 12.0. The lowest BCUT2D eigenvalue weighted by Crippen LogP contribution is -2.21. The number of benzene rings is 2. The van der Waals surface area contributed by atoms with Crippen molar-refractivity contribution in [1.82, 2.24) is 0 Å². The van der Waals surface area contributed by atoms with Gasteiger partial charge >= 0.3 is 5.97 Å². The summed E-state index contributed by atoms with van der Waals surface area (Å²) in [6, 6.07) is 10.4. The summed E-state index contributed by atoms with van der Waals surface area (Å²) in [6.45, 7) is 1.55. The maximum Gasteiger partial charge on any atom is 0.340 e. The monoisotopic (exact) mass is 440 g/mol. The summed E-state index contributed by atoms with van der Waals surface area (Å²) in [7, 11) is 0. The number of hydrogen-bond donors (Lipinski definition) is 2. The van der Waals surface area contributed by atoms with E-state index in [-0.39, 0.29) is 5.56 Å². The van der Waals surface area contributed by atoms with Gasteiger partial charge in [0.25, 0.3) is 5.91 Å². The zero-order valence-electron chi connectivity index (χ0n) is 12.2. The Morgan fingerprint density at radius 1 is 1.17 bits per heavy atom. The van der Waals surface area contributed by atoms with Gasteiger partial charge in [-0.15, -0.1) is 0 Å². The molecule has 2 aromatic rings. The van der Waals surface area contributed by atoms with E-state index in [9.17, 15) is 9.59 Å². The van der Waals surface area contributed by atoms with Crippen LogP contribution in [0.2, 0.25) is 0 Å². The van der Waals surface area contributed by atoms with Crippen LogP contribution in [0.5, 0.6) is 0 Å². The second-order valence-electron chi connectivity index (χ2n) is 4.84. The average molecular weight is 442 g/mol. The van der Waals surface area contributed by atoms with Crippen molar-refractivity contribution in [1.29, 1.82) is 0 Å². The molecule has 0 heterocycles. The van der Waals surface area contributed by atoms with Gasteiger partial charge in [0.05, 0.1) is 11.3 Å². The Labute approximate surface area is 150 Å². The standard InChI is InChI=1S/C16H14Br2N2O3/c1-9-2-5-14(12(18)6-9)20-15(21)8-23-16(22)11-7-10(17)3-4-13(11)19/h2-7H,8,19H2,1H3,(H,20,21). The maximum atomic E-state index is 12.0. The Morgan fingerprint density at radius 2 is 1.91 bits per heavy atom. The molecule has 5 nitrogen and oxygen atoms in total. The van der Waals surface area contributed by atoms with Crippen LogP contribution in [0.15, 0.2) is 45.3 Å². The third-order valence-corrected chi connectivity index (χ3v) is 4.12. The first-order chi connectivity index (χ1) is 10.9. The van der Waals surface area contributed by atoms with Gasteiger partial charge in [-0.25, -0.2) is 4.79 Å². The summed E-state index contributed by atoms with van der Waals surface area (Å²) < 4.78 is 6.45. The number of nitrogen functional groups attached to an aromatic ring is 1. The second kappa shape index (κ2) is 7.61. The predicted octanol–water partition coefficient (Wildman–Crippen LogP) is 3.90. The smallest absolute Gasteiger partial charge is 0.340 e. The third-order valence-electron chi connectivity index (χ3n) is 2.97. The fraction of sp³-hybridized carbons (Fsp3) is 0.125. The van der Waals surface area contributed by atoms with Crippen molar-refractivity contribution in [3.05, 3.63) is 56.5 Å². The van der Waals surface area contributed by atoms with Crippen molar-refractivity contribution in [3.63, 3.8) is 0 Å². The van der Waals surface area contributed by atoms with Gasteiger partial charge in [-0.1, -0.05) is 22.0 Å². The molecule has 3 N–H and O–H groups in total. The molecule has 0 aromatic heterocycles. The first-order valence-corrected chi connectivity index (χ1v) is 8.23. The Hall–Kier alpha value is -1.86. The Morgan fingerprint density at radius 3 is 2.61 bits per heavy atom. The normalized spacial score (nSPS) is 10.2. The lowest BCUT2D eigenvalue weighted by molar-refractivity contribution is -0.119. The molecule has 0 atom stereocenters. The lowest BCUT2D eigenvalue weighted by Gasteiger charge is -2.10. The molecule has 7 heteroatoms. The molecule has 0 radical (unpaired) electrons. The van der Waals surface area contributed by atoms with Crippen LogP contribution in [0.4, 0.5) is 11.4 Å². The van der Waals surface area contributed by atoms with Crippen molar-refractivity contribution >= 4 is 55.1 Å². The third kappa shape index (κ3) is 4.80. The minimum Gasteiger partial charge on any atom is -0.452 e. The Kier molecular flexibility index (Phi) is 5.79. The molecular formula is C16H14Br2N2O3. The molecule has 0 unspecified atom stereocenters. The Balaban J connectivity index is 1.96. The molecule has 120 valence electrons. The SMILES string of the molecule is Cc1ccc(NC(=O)COC(=O)c2cc(Br)ccc2N)c(Br)c1. The van der Waals surface area contributed by atoms with Gasteiger partial charge in [-0.2, -0.15) is 0 Å². The molecule has 0 saturated carbocycles. The highest BCUT2D eigenvalue weighted by Gasteiger charge is 2.14. The minimum atomic E-state index is -0.651. The van der Waals surface area contributed by atoms with E-state index in [0.29, 0.717) is 15.8 Å². The van der Waals surface area contributed by atoms with Gasteiger partial charge in [0.1, 0.15) is 0 Å². The van der Waals surface area contributed by atoms with Crippen LogP contribution in [0.1, 0.15) is 15.9 Å². The van der Waals surface area contributed by atoms with E-state index in [0.717, 1.165) is 10.0 Å². The van der Waals surface area contributed by atoms with Gasteiger partial charge in [0, 0.05) is 14.6 Å². The van der Waals surface area contributed by atoms with E-state index in [1.54, 1.807) is 24.3 Å². The predicted molar refractivity (Wildman–Crippen MR) is 96.3 cm³/mol. The van der Waals surface area contributed by atoms with E-state index in [1.807, 2.05) is 19.1 Å². The van der Waals surface area contributed by atoms with Crippen molar-refractivity contribution in [2.45, 2.75) is 6.92 Å². The molecule has 0 bridgehead atoms. The number of aryl methyl sites for hydroxylation is 1. The van der Waals surface area contributed by atoms with Crippen LogP contribution in [-0.4, -0.2) is 18.5 Å². The number of amides is 1. The molecule has 1 amide bonds. The van der Waals surface area contributed by atoms with E-state index in [2.05, 4.69) is 37.2 Å². The summed E-state index contributed by atoms with van der Waals surface area (Å²) in [5.74, 6) is -1.08. The molecule has 2 aromatic carbocycles. The van der Waals surface area contributed by atoms with Crippen LogP contribution >= 0.6 is 31.9 Å². The number of anilines is 2. The van der Waals surface area contributed by atoms with Crippen LogP contribution in [0.3, 0.4) is 0 Å². The second-order valence-corrected chi connectivity index (χ2v) is 6.61. The van der Waals surface area contributed by atoms with E-state index >= 15 is 0 Å². The van der Waals surface area contributed by atoms with Gasteiger partial charge in [-0.05, 0) is 58.7 Å². The zero-order valence-corrected chi connectivity index (χ0v) is 15.4. The number of nitrogens with two attached hydrogens (primary N) is 1.